The Morgan fingerprint density at radius 2 is 1.80 bits per heavy atom. The van der Waals surface area contributed by atoms with Gasteiger partial charge < -0.3 is 5.11 Å². The van der Waals surface area contributed by atoms with Gasteiger partial charge in [-0.05, 0) is 12.1 Å². The number of para-hydroxylation sites is 1. The van der Waals surface area contributed by atoms with Gasteiger partial charge in [-0.25, -0.2) is 4.79 Å². The van der Waals surface area contributed by atoms with Crippen molar-refractivity contribution in [3.63, 3.8) is 0 Å². The minimum atomic E-state index is -0.918. The van der Waals surface area contributed by atoms with Crippen LogP contribution in [0, 0.1) is 0 Å². The third kappa shape index (κ3) is 2.58. The summed E-state index contributed by atoms with van der Waals surface area (Å²) in [5.41, 5.74) is 1.01. The molecule has 0 atom stereocenters. The van der Waals surface area contributed by atoms with Crippen molar-refractivity contribution >= 4 is 41.7 Å². The molecule has 1 heterocycles. The fraction of sp³-hybridized carbons (Fsp3) is 0. The number of aromatic carboxylic acids is 1. The number of rotatable bonds is 1. The number of halogens is 2. The van der Waals surface area contributed by atoms with Crippen LogP contribution in [0.1, 0.15) is 10.4 Å². The summed E-state index contributed by atoms with van der Waals surface area (Å²) in [6, 6.07) is 8.69. The lowest BCUT2D eigenvalue weighted by molar-refractivity contribution is 0.0699. The maximum absolute atomic E-state index is 10.8. The number of aromatic nitrogens is 1. The second-order valence-electron chi connectivity index (χ2n) is 2.68. The minimum Gasteiger partial charge on any atom is -0.478 e. The number of nitrogens with zero attached hydrogens (tertiary/aromatic N) is 1. The highest BCUT2D eigenvalue weighted by Gasteiger charge is 2.06. The van der Waals surface area contributed by atoms with E-state index >= 15 is 0 Å². The normalized spacial score (nSPS) is 8.80. The molecule has 0 saturated heterocycles. The van der Waals surface area contributed by atoms with Crippen LogP contribution in [-0.2, 0) is 0 Å². The molecular formula is C10H9Cl2NO2. The molecule has 0 fully saturated rings. The van der Waals surface area contributed by atoms with E-state index in [1.807, 2.05) is 6.07 Å². The molecule has 0 aliphatic heterocycles. The van der Waals surface area contributed by atoms with Crippen LogP contribution in [0.3, 0.4) is 0 Å². The maximum Gasteiger partial charge on any atom is 0.336 e. The van der Waals surface area contributed by atoms with E-state index in [2.05, 4.69) is 4.98 Å². The van der Waals surface area contributed by atoms with Crippen LogP contribution >= 0.6 is 24.8 Å². The molecule has 0 aliphatic carbocycles. The van der Waals surface area contributed by atoms with Gasteiger partial charge in [-0.1, -0.05) is 18.2 Å². The number of benzene rings is 1. The zero-order chi connectivity index (χ0) is 9.26. The lowest BCUT2D eigenvalue weighted by Gasteiger charge is -1.99. The molecule has 0 radical (unpaired) electrons. The highest BCUT2D eigenvalue weighted by atomic mass is 35.5. The molecular weight excluding hydrogens is 237 g/mol. The Kier molecular flexibility index (Phi) is 5.05. The highest BCUT2D eigenvalue weighted by Crippen LogP contribution is 2.15. The van der Waals surface area contributed by atoms with Crippen molar-refractivity contribution in [3.8, 4) is 0 Å². The molecule has 0 aliphatic rings. The molecule has 0 unspecified atom stereocenters. The van der Waals surface area contributed by atoms with Crippen molar-refractivity contribution in [1.82, 2.24) is 4.98 Å². The summed E-state index contributed by atoms with van der Waals surface area (Å²) in [6.45, 7) is 0. The van der Waals surface area contributed by atoms with Gasteiger partial charge in [0, 0.05) is 11.6 Å². The van der Waals surface area contributed by atoms with Gasteiger partial charge in [0.25, 0.3) is 0 Å². The summed E-state index contributed by atoms with van der Waals surface area (Å²) >= 11 is 0. The number of fused-ring (bicyclic) bond motifs is 1. The van der Waals surface area contributed by atoms with Crippen LogP contribution < -0.4 is 0 Å². The zero-order valence-electron chi connectivity index (χ0n) is 7.58. The molecule has 15 heavy (non-hydrogen) atoms. The molecule has 0 saturated carbocycles. The lowest BCUT2D eigenvalue weighted by Crippen LogP contribution is -1.97. The van der Waals surface area contributed by atoms with E-state index in [1.54, 1.807) is 18.2 Å². The number of carboxylic acids is 1. The summed E-state index contributed by atoms with van der Waals surface area (Å²) in [4.78, 5) is 14.8. The highest BCUT2D eigenvalue weighted by molar-refractivity contribution is 6.02. The molecule has 3 nitrogen and oxygen atoms in total. The first-order chi connectivity index (χ1) is 6.29. The predicted octanol–water partition coefficient (Wildman–Crippen LogP) is 2.78. The smallest absolute Gasteiger partial charge is 0.336 e. The number of pyridine rings is 1. The largest absolute Gasteiger partial charge is 0.478 e. The van der Waals surface area contributed by atoms with Gasteiger partial charge >= 0.3 is 5.97 Å². The second kappa shape index (κ2) is 5.53. The molecule has 80 valence electrons. The van der Waals surface area contributed by atoms with Gasteiger partial charge in [0.05, 0.1) is 11.1 Å². The van der Waals surface area contributed by atoms with E-state index in [1.165, 1.54) is 12.3 Å². The molecule has 2 aromatic rings. The first-order valence-corrected chi connectivity index (χ1v) is 3.86. The van der Waals surface area contributed by atoms with E-state index in [0.717, 1.165) is 0 Å². The quantitative estimate of drug-likeness (QED) is 0.841. The monoisotopic (exact) mass is 245 g/mol. The Hall–Kier alpha value is -1.32. The summed E-state index contributed by atoms with van der Waals surface area (Å²) in [5.74, 6) is -0.918. The van der Waals surface area contributed by atoms with Crippen molar-refractivity contribution in [2.75, 3.05) is 0 Å². The van der Waals surface area contributed by atoms with Crippen LogP contribution in [0.25, 0.3) is 10.9 Å². The topological polar surface area (TPSA) is 50.2 Å². The van der Waals surface area contributed by atoms with Gasteiger partial charge in [0.1, 0.15) is 0 Å². The fourth-order valence-corrected chi connectivity index (χ4v) is 1.28. The summed E-state index contributed by atoms with van der Waals surface area (Å²) in [7, 11) is 0. The van der Waals surface area contributed by atoms with E-state index in [0.29, 0.717) is 16.5 Å². The Balaban J connectivity index is 0.000000980. The van der Waals surface area contributed by atoms with Crippen LogP contribution in [-0.4, -0.2) is 16.1 Å². The van der Waals surface area contributed by atoms with Gasteiger partial charge in [0.15, 0.2) is 0 Å². The van der Waals surface area contributed by atoms with E-state index in [4.69, 9.17) is 5.11 Å². The number of carboxylic acid groups (broad SMARTS) is 1. The van der Waals surface area contributed by atoms with Crippen LogP contribution in [0.15, 0.2) is 36.5 Å². The molecule has 1 aromatic carbocycles. The van der Waals surface area contributed by atoms with Crippen LogP contribution in [0.2, 0.25) is 0 Å². The van der Waals surface area contributed by atoms with Gasteiger partial charge in [-0.3, -0.25) is 4.98 Å². The molecule has 5 heteroatoms. The third-order valence-corrected chi connectivity index (χ3v) is 1.88. The van der Waals surface area contributed by atoms with Crippen molar-refractivity contribution in [3.05, 3.63) is 42.1 Å². The Morgan fingerprint density at radius 1 is 1.13 bits per heavy atom. The molecule has 1 N–H and O–H groups in total. The molecule has 2 rings (SSSR count). The zero-order valence-corrected chi connectivity index (χ0v) is 9.22. The number of hydrogen-bond donors (Lipinski definition) is 1. The second-order valence-corrected chi connectivity index (χ2v) is 2.68. The van der Waals surface area contributed by atoms with Crippen molar-refractivity contribution in [2.45, 2.75) is 0 Å². The predicted molar refractivity (Wildman–Crippen MR) is 63.2 cm³/mol. The minimum absolute atomic E-state index is 0. The molecule has 0 bridgehead atoms. The Morgan fingerprint density at radius 3 is 2.47 bits per heavy atom. The van der Waals surface area contributed by atoms with Gasteiger partial charge in [-0.15, -0.1) is 24.8 Å². The average molecular weight is 246 g/mol. The summed E-state index contributed by atoms with van der Waals surface area (Å²) in [5, 5.41) is 9.53. The summed E-state index contributed by atoms with van der Waals surface area (Å²) in [6.07, 6.45) is 1.51. The van der Waals surface area contributed by atoms with E-state index in [-0.39, 0.29) is 24.8 Å². The SMILES string of the molecule is Cl.Cl.O=C(O)c1ccnc2ccccc12. The van der Waals surface area contributed by atoms with Crippen molar-refractivity contribution in [2.24, 2.45) is 0 Å². The summed E-state index contributed by atoms with van der Waals surface area (Å²) < 4.78 is 0. The molecule has 1 aromatic heterocycles. The standard InChI is InChI=1S/C10H7NO2.2ClH/c12-10(13)8-5-6-11-9-4-2-1-3-7(8)9;;/h1-6H,(H,12,13);2*1H. The number of carbonyl (C=O) groups is 1. The first kappa shape index (κ1) is 13.7. The average Bonchev–Trinajstić information content (AvgIpc) is 2.17. The Labute approximate surface area is 99.0 Å². The van der Waals surface area contributed by atoms with Gasteiger partial charge in [0.2, 0.25) is 0 Å². The van der Waals surface area contributed by atoms with E-state index < -0.39 is 5.97 Å². The third-order valence-electron chi connectivity index (χ3n) is 1.88. The first-order valence-electron chi connectivity index (χ1n) is 3.86. The van der Waals surface area contributed by atoms with Crippen molar-refractivity contribution < 1.29 is 9.90 Å². The lowest BCUT2D eigenvalue weighted by atomic mass is 10.1. The maximum atomic E-state index is 10.8. The Bertz CT molecular complexity index is 468. The number of hydrogen-bond acceptors (Lipinski definition) is 2. The van der Waals surface area contributed by atoms with Crippen molar-refractivity contribution in [1.29, 1.82) is 0 Å². The van der Waals surface area contributed by atoms with Crippen LogP contribution in [0.4, 0.5) is 0 Å². The molecule has 0 spiro atoms. The van der Waals surface area contributed by atoms with E-state index in [9.17, 15) is 4.79 Å². The fourth-order valence-electron chi connectivity index (χ4n) is 1.28. The van der Waals surface area contributed by atoms with Gasteiger partial charge in [-0.2, -0.15) is 0 Å². The van der Waals surface area contributed by atoms with Crippen LogP contribution in [0.5, 0.6) is 0 Å². The molecule has 0 amide bonds.